The number of aromatic nitrogens is 1. The molecule has 1 fully saturated rings. The molecular formula is C21H22FN3O2. The fourth-order valence-corrected chi connectivity index (χ4v) is 3.69. The highest BCUT2D eigenvalue weighted by molar-refractivity contribution is 6.08. The number of halogens is 1. The van der Waals surface area contributed by atoms with Crippen LogP contribution in [0.5, 0.6) is 5.75 Å². The largest absolute Gasteiger partial charge is 0.497 e. The Hall–Kier alpha value is -3.02. The first kappa shape index (κ1) is 17.4. The van der Waals surface area contributed by atoms with Gasteiger partial charge in [0.05, 0.1) is 12.7 Å². The molecule has 0 aliphatic carbocycles. The van der Waals surface area contributed by atoms with Gasteiger partial charge >= 0.3 is 0 Å². The topological polar surface area (TPSA) is 48.6 Å². The highest BCUT2D eigenvalue weighted by Gasteiger charge is 2.26. The number of rotatable bonds is 3. The molecule has 2 aromatic carbocycles. The number of amides is 1. The van der Waals surface area contributed by atoms with Crippen LogP contribution in [-0.4, -0.2) is 49.1 Å². The van der Waals surface area contributed by atoms with Crippen molar-refractivity contribution in [3.63, 3.8) is 0 Å². The number of H-pyrrole nitrogens is 1. The second kappa shape index (κ2) is 6.95. The number of anilines is 1. The molecule has 6 heteroatoms. The van der Waals surface area contributed by atoms with Gasteiger partial charge in [-0.1, -0.05) is 0 Å². The monoisotopic (exact) mass is 367 g/mol. The minimum atomic E-state index is -0.333. The summed E-state index contributed by atoms with van der Waals surface area (Å²) in [4.78, 5) is 20.4. The molecule has 0 bridgehead atoms. The van der Waals surface area contributed by atoms with Crippen LogP contribution in [0, 0.1) is 12.7 Å². The first-order chi connectivity index (χ1) is 13.1. The predicted molar refractivity (Wildman–Crippen MR) is 104 cm³/mol. The summed E-state index contributed by atoms with van der Waals surface area (Å²) in [5.41, 5.74) is 3.25. The quantitative estimate of drug-likeness (QED) is 0.770. The highest BCUT2D eigenvalue weighted by Crippen LogP contribution is 2.26. The Labute approximate surface area is 157 Å². The maximum absolute atomic E-state index is 13.7. The van der Waals surface area contributed by atoms with Gasteiger partial charge in [0.25, 0.3) is 5.91 Å². The van der Waals surface area contributed by atoms with Crippen molar-refractivity contribution in [1.82, 2.24) is 9.88 Å². The first-order valence-electron chi connectivity index (χ1n) is 9.03. The Balaban J connectivity index is 1.50. The molecule has 0 unspecified atom stereocenters. The van der Waals surface area contributed by atoms with Gasteiger partial charge in [-0.15, -0.1) is 0 Å². The summed E-state index contributed by atoms with van der Waals surface area (Å²) in [5.74, 6) is 0.452. The van der Waals surface area contributed by atoms with Crippen molar-refractivity contribution in [2.24, 2.45) is 0 Å². The van der Waals surface area contributed by atoms with Crippen molar-refractivity contribution in [1.29, 1.82) is 0 Å². The van der Waals surface area contributed by atoms with E-state index in [1.165, 1.54) is 12.1 Å². The molecule has 140 valence electrons. The maximum Gasteiger partial charge on any atom is 0.256 e. The Morgan fingerprint density at radius 2 is 1.78 bits per heavy atom. The van der Waals surface area contributed by atoms with E-state index in [0.29, 0.717) is 24.0 Å². The summed E-state index contributed by atoms with van der Waals surface area (Å²) in [6.45, 7) is 4.64. The number of benzene rings is 2. The molecule has 4 rings (SSSR count). The van der Waals surface area contributed by atoms with Crippen LogP contribution < -0.4 is 9.64 Å². The lowest BCUT2D eigenvalue weighted by Gasteiger charge is -2.36. The van der Waals surface area contributed by atoms with E-state index in [2.05, 4.69) is 9.88 Å². The number of ether oxygens (including phenoxy) is 1. The Morgan fingerprint density at radius 1 is 1.07 bits per heavy atom. The first-order valence-corrected chi connectivity index (χ1v) is 9.03. The molecule has 1 aromatic heterocycles. The molecule has 27 heavy (non-hydrogen) atoms. The molecule has 1 aliphatic rings. The molecule has 1 amide bonds. The van der Waals surface area contributed by atoms with Crippen molar-refractivity contribution in [2.45, 2.75) is 6.92 Å². The van der Waals surface area contributed by atoms with Gasteiger partial charge in [-0.2, -0.15) is 0 Å². The Kier molecular flexibility index (Phi) is 4.48. The average molecular weight is 367 g/mol. The van der Waals surface area contributed by atoms with Gasteiger partial charge in [-0.3, -0.25) is 4.79 Å². The number of carbonyl (C=O) groups is 1. The molecule has 1 aliphatic heterocycles. The molecule has 5 nitrogen and oxygen atoms in total. The number of aryl methyl sites for hydroxylation is 1. The second-order valence-corrected chi connectivity index (χ2v) is 6.79. The van der Waals surface area contributed by atoms with Crippen LogP contribution >= 0.6 is 0 Å². The minimum absolute atomic E-state index is 0.0428. The summed E-state index contributed by atoms with van der Waals surface area (Å²) < 4.78 is 18.9. The van der Waals surface area contributed by atoms with Crippen molar-refractivity contribution < 1.29 is 13.9 Å². The Morgan fingerprint density at radius 3 is 2.44 bits per heavy atom. The third-order valence-corrected chi connectivity index (χ3v) is 5.17. The van der Waals surface area contributed by atoms with Crippen molar-refractivity contribution in [2.75, 3.05) is 38.2 Å². The highest BCUT2D eigenvalue weighted by atomic mass is 19.1. The molecule has 0 atom stereocenters. The van der Waals surface area contributed by atoms with Gasteiger partial charge in [0.2, 0.25) is 0 Å². The molecule has 1 saturated heterocycles. The van der Waals surface area contributed by atoms with Crippen LogP contribution in [0.1, 0.15) is 16.1 Å². The van der Waals surface area contributed by atoms with Gasteiger partial charge < -0.3 is 19.5 Å². The van der Waals surface area contributed by atoms with Crippen LogP contribution in [0.2, 0.25) is 0 Å². The van der Waals surface area contributed by atoms with E-state index in [-0.39, 0.29) is 11.7 Å². The zero-order valence-electron chi connectivity index (χ0n) is 15.5. The summed E-state index contributed by atoms with van der Waals surface area (Å²) in [6, 6.07) is 12.5. The smallest absolute Gasteiger partial charge is 0.256 e. The van der Waals surface area contributed by atoms with E-state index in [1.807, 2.05) is 36.1 Å². The van der Waals surface area contributed by atoms with E-state index >= 15 is 0 Å². The van der Waals surface area contributed by atoms with Gasteiger partial charge in [-0.25, -0.2) is 4.39 Å². The summed E-state index contributed by atoms with van der Waals surface area (Å²) >= 11 is 0. The lowest BCUT2D eigenvalue weighted by molar-refractivity contribution is 0.0748. The maximum atomic E-state index is 13.7. The van der Waals surface area contributed by atoms with E-state index in [1.54, 1.807) is 13.2 Å². The fourth-order valence-electron chi connectivity index (χ4n) is 3.69. The summed E-state index contributed by atoms with van der Waals surface area (Å²) in [6.07, 6.45) is 0. The molecule has 0 saturated carbocycles. The molecule has 0 spiro atoms. The third kappa shape index (κ3) is 3.23. The van der Waals surface area contributed by atoms with Gasteiger partial charge in [0, 0.05) is 48.5 Å². The Bertz CT molecular complexity index is 973. The lowest BCUT2D eigenvalue weighted by atomic mass is 10.1. The van der Waals surface area contributed by atoms with Gasteiger partial charge in [-0.05, 0) is 49.4 Å². The SMILES string of the molecule is COc1ccc(N2CCN(C(=O)c3c(C)[nH]c4ccc(F)cc34)CC2)cc1. The van der Waals surface area contributed by atoms with E-state index in [4.69, 9.17) is 4.74 Å². The van der Waals surface area contributed by atoms with Crippen molar-refractivity contribution in [3.8, 4) is 5.75 Å². The zero-order valence-corrected chi connectivity index (χ0v) is 15.5. The van der Waals surface area contributed by atoms with E-state index in [0.717, 1.165) is 35.7 Å². The molecule has 1 N–H and O–H groups in total. The van der Waals surface area contributed by atoms with Crippen LogP contribution in [0.25, 0.3) is 10.9 Å². The zero-order chi connectivity index (χ0) is 19.0. The predicted octanol–water partition coefficient (Wildman–Crippen LogP) is 3.59. The normalized spacial score (nSPS) is 14.6. The van der Waals surface area contributed by atoms with Gasteiger partial charge in [0.1, 0.15) is 11.6 Å². The molecule has 0 radical (unpaired) electrons. The standard InChI is InChI=1S/C21H22FN3O2/c1-14-20(18-13-15(22)3-8-19(18)23-14)21(26)25-11-9-24(10-12-25)16-4-6-17(27-2)7-5-16/h3-8,13,23H,9-12H2,1-2H3. The number of carbonyl (C=O) groups excluding carboxylic acids is 1. The molecule has 2 heterocycles. The molecular weight excluding hydrogens is 345 g/mol. The number of hydrogen-bond acceptors (Lipinski definition) is 3. The number of nitrogens with one attached hydrogen (secondary N) is 1. The average Bonchev–Trinajstić information content (AvgIpc) is 3.02. The van der Waals surface area contributed by atoms with Crippen LogP contribution in [0.4, 0.5) is 10.1 Å². The number of nitrogens with zero attached hydrogens (tertiary/aromatic N) is 2. The molecule has 3 aromatic rings. The van der Waals surface area contributed by atoms with E-state index < -0.39 is 0 Å². The third-order valence-electron chi connectivity index (χ3n) is 5.17. The number of methoxy groups -OCH3 is 1. The minimum Gasteiger partial charge on any atom is -0.497 e. The lowest BCUT2D eigenvalue weighted by Crippen LogP contribution is -2.48. The second-order valence-electron chi connectivity index (χ2n) is 6.79. The van der Waals surface area contributed by atoms with Crippen LogP contribution in [-0.2, 0) is 0 Å². The fraction of sp³-hybridized carbons (Fsp3) is 0.286. The summed E-state index contributed by atoms with van der Waals surface area (Å²) in [7, 11) is 1.65. The summed E-state index contributed by atoms with van der Waals surface area (Å²) in [5, 5.41) is 0.648. The number of piperazine rings is 1. The number of hydrogen-bond donors (Lipinski definition) is 1. The van der Waals surface area contributed by atoms with E-state index in [9.17, 15) is 9.18 Å². The number of aromatic amines is 1. The van der Waals surface area contributed by atoms with Crippen LogP contribution in [0.15, 0.2) is 42.5 Å². The van der Waals surface area contributed by atoms with Crippen molar-refractivity contribution >= 4 is 22.5 Å². The van der Waals surface area contributed by atoms with Gasteiger partial charge in [0.15, 0.2) is 0 Å². The van der Waals surface area contributed by atoms with Crippen molar-refractivity contribution in [3.05, 3.63) is 59.5 Å². The van der Waals surface area contributed by atoms with Crippen LogP contribution in [0.3, 0.4) is 0 Å². The number of fused-ring (bicyclic) bond motifs is 1.